The van der Waals surface area contributed by atoms with Crippen molar-refractivity contribution < 1.29 is 4.79 Å². The average molecular weight is 262 g/mol. The van der Waals surface area contributed by atoms with Crippen molar-refractivity contribution >= 4 is 23.7 Å². The lowest BCUT2D eigenvalue weighted by molar-refractivity contribution is -0.123. The lowest BCUT2D eigenvalue weighted by Crippen LogP contribution is -2.53. The molecule has 0 spiro atoms. The van der Waals surface area contributed by atoms with Gasteiger partial charge in [-0.25, -0.2) is 0 Å². The molecule has 2 rings (SSSR count). The van der Waals surface area contributed by atoms with Crippen LogP contribution in [0.3, 0.4) is 0 Å². The number of benzene rings is 1. The van der Waals surface area contributed by atoms with Crippen LogP contribution in [0.25, 0.3) is 6.08 Å². The molecular formula is C14H18N2OS. The first-order chi connectivity index (χ1) is 8.74. The molecule has 0 aliphatic carbocycles. The van der Waals surface area contributed by atoms with Gasteiger partial charge in [-0.05, 0) is 12.5 Å². The summed E-state index contributed by atoms with van der Waals surface area (Å²) in [5.74, 6) is 1.00. The predicted molar refractivity (Wildman–Crippen MR) is 77.1 cm³/mol. The van der Waals surface area contributed by atoms with E-state index in [9.17, 15) is 4.79 Å². The van der Waals surface area contributed by atoms with Crippen LogP contribution in [0.5, 0.6) is 0 Å². The molecule has 0 radical (unpaired) electrons. The molecule has 96 valence electrons. The number of hydrogen-bond acceptors (Lipinski definition) is 3. The monoisotopic (exact) mass is 262 g/mol. The number of carbonyl (C=O) groups excluding carboxylic acids is 1. The molecule has 1 saturated heterocycles. The zero-order valence-electron chi connectivity index (χ0n) is 10.4. The van der Waals surface area contributed by atoms with E-state index in [1.165, 1.54) is 5.56 Å². The molecule has 1 aromatic rings. The fourth-order valence-corrected chi connectivity index (χ4v) is 2.78. The number of hydrogen-bond donors (Lipinski definition) is 2. The lowest BCUT2D eigenvalue weighted by atomic mass is 10.2. The SMILES string of the molecule is CC1CC(=O)NC(SC/C=C/c2ccccc2)N1. The third-order valence-electron chi connectivity index (χ3n) is 2.69. The molecule has 3 nitrogen and oxygen atoms in total. The summed E-state index contributed by atoms with van der Waals surface area (Å²) >= 11 is 1.69. The first-order valence-electron chi connectivity index (χ1n) is 6.12. The van der Waals surface area contributed by atoms with E-state index in [0.717, 1.165) is 5.75 Å². The Morgan fingerprint density at radius 3 is 2.89 bits per heavy atom. The highest BCUT2D eigenvalue weighted by Crippen LogP contribution is 2.12. The van der Waals surface area contributed by atoms with Gasteiger partial charge in [-0.1, -0.05) is 42.5 Å². The Balaban J connectivity index is 1.75. The van der Waals surface area contributed by atoms with Crippen molar-refractivity contribution in [3.05, 3.63) is 42.0 Å². The summed E-state index contributed by atoms with van der Waals surface area (Å²) in [7, 11) is 0. The van der Waals surface area contributed by atoms with Gasteiger partial charge in [0.1, 0.15) is 5.50 Å². The highest BCUT2D eigenvalue weighted by molar-refractivity contribution is 8.00. The molecule has 1 fully saturated rings. The molecule has 2 atom stereocenters. The second-order valence-corrected chi connectivity index (χ2v) is 5.50. The summed E-state index contributed by atoms with van der Waals surface area (Å²) in [6.07, 6.45) is 4.78. The van der Waals surface area contributed by atoms with Gasteiger partial charge in [0.05, 0.1) is 0 Å². The molecule has 1 aromatic carbocycles. The van der Waals surface area contributed by atoms with Crippen molar-refractivity contribution in [2.75, 3.05) is 5.75 Å². The van der Waals surface area contributed by atoms with Gasteiger partial charge in [-0.15, -0.1) is 11.8 Å². The summed E-state index contributed by atoms with van der Waals surface area (Å²) in [4.78, 5) is 11.4. The van der Waals surface area contributed by atoms with E-state index in [2.05, 4.69) is 34.9 Å². The van der Waals surface area contributed by atoms with Crippen molar-refractivity contribution in [2.24, 2.45) is 0 Å². The Bertz CT molecular complexity index is 419. The molecule has 0 bridgehead atoms. The third kappa shape index (κ3) is 4.20. The van der Waals surface area contributed by atoms with E-state index in [1.54, 1.807) is 11.8 Å². The van der Waals surface area contributed by atoms with Crippen LogP contribution in [-0.4, -0.2) is 23.2 Å². The number of amides is 1. The van der Waals surface area contributed by atoms with Crippen molar-refractivity contribution in [2.45, 2.75) is 24.9 Å². The molecule has 0 saturated carbocycles. The zero-order valence-corrected chi connectivity index (χ0v) is 11.2. The first kappa shape index (κ1) is 13.2. The predicted octanol–water partition coefficient (Wildman–Crippen LogP) is 2.21. The molecule has 18 heavy (non-hydrogen) atoms. The summed E-state index contributed by atoms with van der Waals surface area (Å²) in [5, 5.41) is 6.27. The minimum absolute atomic E-state index is 0.0293. The number of rotatable bonds is 4. The van der Waals surface area contributed by atoms with Gasteiger partial charge in [-0.3, -0.25) is 10.1 Å². The Morgan fingerprint density at radius 1 is 1.39 bits per heavy atom. The zero-order chi connectivity index (χ0) is 12.8. The summed E-state index contributed by atoms with van der Waals surface area (Å²) in [6, 6.07) is 10.5. The van der Waals surface area contributed by atoms with Crippen molar-refractivity contribution in [1.29, 1.82) is 0 Å². The molecule has 1 aliphatic rings. The Hall–Kier alpha value is -1.26. The molecule has 4 heteroatoms. The van der Waals surface area contributed by atoms with E-state index in [4.69, 9.17) is 0 Å². The minimum atomic E-state index is 0.0293. The molecule has 2 unspecified atom stereocenters. The molecule has 2 N–H and O–H groups in total. The lowest BCUT2D eigenvalue weighted by Gasteiger charge is -2.28. The second-order valence-electron chi connectivity index (χ2n) is 4.37. The summed E-state index contributed by atoms with van der Waals surface area (Å²) < 4.78 is 0. The van der Waals surface area contributed by atoms with Gasteiger partial charge >= 0.3 is 0 Å². The fourth-order valence-electron chi connectivity index (χ4n) is 1.83. The smallest absolute Gasteiger partial charge is 0.223 e. The summed E-state index contributed by atoms with van der Waals surface area (Å²) in [5.41, 5.74) is 1.23. The maximum atomic E-state index is 11.4. The topological polar surface area (TPSA) is 41.1 Å². The van der Waals surface area contributed by atoms with Crippen LogP contribution in [0.4, 0.5) is 0 Å². The standard InChI is InChI=1S/C14H18N2OS/c1-11-10-13(17)16-14(15-11)18-9-5-8-12-6-3-2-4-7-12/h2-8,11,14-15H,9-10H2,1H3,(H,16,17)/b8-5+. The first-order valence-corrected chi connectivity index (χ1v) is 7.17. The van der Waals surface area contributed by atoms with Crippen LogP contribution in [-0.2, 0) is 4.79 Å². The quantitative estimate of drug-likeness (QED) is 0.874. The van der Waals surface area contributed by atoms with Crippen LogP contribution < -0.4 is 10.6 Å². The normalized spacial score (nSPS) is 24.2. The van der Waals surface area contributed by atoms with Gasteiger partial charge in [0.15, 0.2) is 0 Å². The Labute approximate surface area is 112 Å². The van der Waals surface area contributed by atoms with E-state index in [0.29, 0.717) is 6.42 Å². The van der Waals surface area contributed by atoms with Gasteiger partial charge < -0.3 is 5.32 Å². The van der Waals surface area contributed by atoms with Crippen LogP contribution in [0.15, 0.2) is 36.4 Å². The highest BCUT2D eigenvalue weighted by Gasteiger charge is 2.21. The number of carbonyl (C=O) groups is 1. The van der Waals surface area contributed by atoms with E-state index in [-0.39, 0.29) is 17.4 Å². The van der Waals surface area contributed by atoms with Crippen LogP contribution in [0.1, 0.15) is 18.9 Å². The van der Waals surface area contributed by atoms with Gasteiger partial charge in [-0.2, -0.15) is 0 Å². The molecule has 0 aromatic heterocycles. The van der Waals surface area contributed by atoms with Gasteiger partial charge in [0.2, 0.25) is 5.91 Å². The van der Waals surface area contributed by atoms with E-state index < -0.39 is 0 Å². The molecule has 1 heterocycles. The third-order valence-corrected chi connectivity index (χ3v) is 3.66. The van der Waals surface area contributed by atoms with Crippen molar-refractivity contribution in [3.63, 3.8) is 0 Å². The minimum Gasteiger partial charge on any atom is -0.332 e. The number of thioether (sulfide) groups is 1. The van der Waals surface area contributed by atoms with Crippen molar-refractivity contribution in [3.8, 4) is 0 Å². The number of nitrogens with one attached hydrogen (secondary N) is 2. The van der Waals surface area contributed by atoms with Crippen LogP contribution in [0, 0.1) is 0 Å². The molecular weight excluding hydrogens is 244 g/mol. The van der Waals surface area contributed by atoms with Gasteiger partial charge in [0.25, 0.3) is 0 Å². The van der Waals surface area contributed by atoms with Crippen molar-refractivity contribution in [1.82, 2.24) is 10.6 Å². The highest BCUT2D eigenvalue weighted by atomic mass is 32.2. The second kappa shape index (κ2) is 6.61. The average Bonchev–Trinajstić information content (AvgIpc) is 2.35. The summed E-state index contributed by atoms with van der Waals surface area (Å²) in [6.45, 7) is 2.03. The van der Waals surface area contributed by atoms with E-state index in [1.807, 2.05) is 25.1 Å². The van der Waals surface area contributed by atoms with E-state index >= 15 is 0 Å². The largest absolute Gasteiger partial charge is 0.332 e. The molecule has 1 amide bonds. The molecule has 1 aliphatic heterocycles. The maximum absolute atomic E-state index is 11.4. The maximum Gasteiger partial charge on any atom is 0.223 e. The Morgan fingerprint density at radius 2 is 2.17 bits per heavy atom. The Kier molecular flexibility index (Phi) is 4.84. The van der Waals surface area contributed by atoms with Crippen LogP contribution >= 0.6 is 11.8 Å². The fraction of sp³-hybridized carbons (Fsp3) is 0.357. The van der Waals surface area contributed by atoms with Gasteiger partial charge in [0, 0.05) is 18.2 Å². The van der Waals surface area contributed by atoms with Crippen LogP contribution in [0.2, 0.25) is 0 Å².